The number of benzene rings is 1. The molecule has 3 aliphatic rings. The maximum atomic E-state index is 4.39. The normalized spacial score (nSPS) is 43.1. The SMILES string of the molecule is C=C1CC2C3CCC(C3)C2C1c1ccccc1. The number of hydrogen-bond acceptors (Lipinski definition) is 0. The van der Waals surface area contributed by atoms with Crippen molar-refractivity contribution in [2.24, 2.45) is 23.7 Å². The van der Waals surface area contributed by atoms with Crippen LogP contribution in [0.3, 0.4) is 0 Å². The van der Waals surface area contributed by atoms with Gasteiger partial charge in [-0.15, -0.1) is 0 Å². The standard InChI is InChI=1S/C17H20/c1-11-9-15-13-7-8-14(10-13)17(15)16(11)12-5-3-2-4-6-12/h2-6,13-17H,1,7-10H2. The molecule has 0 aromatic heterocycles. The van der Waals surface area contributed by atoms with Gasteiger partial charge in [-0.3, -0.25) is 0 Å². The monoisotopic (exact) mass is 224 g/mol. The van der Waals surface area contributed by atoms with Crippen molar-refractivity contribution < 1.29 is 0 Å². The topological polar surface area (TPSA) is 0 Å². The molecule has 0 heteroatoms. The lowest BCUT2D eigenvalue weighted by Gasteiger charge is -2.29. The van der Waals surface area contributed by atoms with E-state index in [9.17, 15) is 0 Å². The summed E-state index contributed by atoms with van der Waals surface area (Å²) in [5.41, 5.74) is 3.04. The van der Waals surface area contributed by atoms with Gasteiger partial charge in [0.2, 0.25) is 0 Å². The van der Waals surface area contributed by atoms with Gasteiger partial charge < -0.3 is 0 Å². The molecule has 1 aromatic rings. The first kappa shape index (κ1) is 9.94. The van der Waals surface area contributed by atoms with Crippen molar-refractivity contribution in [2.75, 3.05) is 0 Å². The van der Waals surface area contributed by atoms with Crippen LogP contribution in [0.25, 0.3) is 0 Å². The minimum atomic E-state index is 0.677. The predicted molar refractivity (Wildman–Crippen MR) is 70.8 cm³/mol. The molecule has 3 aliphatic carbocycles. The first-order chi connectivity index (χ1) is 8.34. The third kappa shape index (κ3) is 1.30. The van der Waals surface area contributed by atoms with Gasteiger partial charge in [0.1, 0.15) is 0 Å². The Morgan fingerprint density at radius 2 is 1.76 bits per heavy atom. The fourth-order valence-electron chi connectivity index (χ4n) is 5.10. The zero-order valence-corrected chi connectivity index (χ0v) is 10.3. The van der Waals surface area contributed by atoms with E-state index in [0.29, 0.717) is 5.92 Å². The summed E-state index contributed by atoms with van der Waals surface area (Å²) in [6, 6.07) is 11.1. The van der Waals surface area contributed by atoms with Crippen molar-refractivity contribution in [3.8, 4) is 0 Å². The van der Waals surface area contributed by atoms with E-state index in [0.717, 1.165) is 23.7 Å². The van der Waals surface area contributed by atoms with E-state index in [1.54, 1.807) is 0 Å². The van der Waals surface area contributed by atoms with Crippen LogP contribution in [0.5, 0.6) is 0 Å². The molecular weight excluding hydrogens is 204 g/mol. The molecule has 3 saturated carbocycles. The van der Waals surface area contributed by atoms with E-state index >= 15 is 0 Å². The first-order valence-corrected chi connectivity index (χ1v) is 7.07. The van der Waals surface area contributed by atoms with Crippen LogP contribution in [0.1, 0.15) is 37.2 Å². The zero-order chi connectivity index (χ0) is 11.4. The van der Waals surface area contributed by atoms with Gasteiger partial charge in [-0.1, -0.05) is 42.5 Å². The highest BCUT2D eigenvalue weighted by atomic mass is 14.6. The minimum absolute atomic E-state index is 0.677. The van der Waals surface area contributed by atoms with E-state index in [2.05, 4.69) is 36.9 Å². The molecule has 0 spiro atoms. The lowest BCUT2D eigenvalue weighted by atomic mass is 9.75. The highest BCUT2D eigenvalue weighted by molar-refractivity contribution is 5.34. The Morgan fingerprint density at radius 3 is 2.59 bits per heavy atom. The summed E-state index contributed by atoms with van der Waals surface area (Å²) in [6.45, 7) is 4.39. The smallest absolute Gasteiger partial charge is 0.00793 e. The van der Waals surface area contributed by atoms with Crippen LogP contribution in [0.15, 0.2) is 42.5 Å². The van der Waals surface area contributed by atoms with Gasteiger partial charge in [0, 0.05) is 5.92 Å². The van der Waals surface area contributed by atoms with Gasteiger partial charge in [-0.05, 0) is 54.9 Å². The first-order valence-electron chi connectivity index (χ1n) is 7.07. The van der Waals surface area contributed by atoms with Gasteiger partial charge in [-0.25, -0.2) is 0 Å². The van der Waals surface area contributed by atoms with Crippen LogP contribution >= 0.6 is 0 Å². The lowest BCUT2D eigenvalue weighted by molar-refractivity contribution is 0.243. The Bertz CT molecular complexity index is 444. The van der Waals surface area contributed by atoms with E-state index in [1.165, 1.54) is 36.8 Å². The van der Waals surface area contributed by atoms with E-state index in [4.69, 9.17) is 0 Å². The summed E-state index contributed by atoms with van der Waals surface area (Å²) < 4.78 is 0. The van der Waals surface area contributed by atoms with Crippen LogP contribution in [0.2, 0.25) is 0 Å². The summed E-state index contributed by atoms with van der Waals surface area (Å²) in [5, 5.41) is 0. The molecule has 0 N–H and O–H groups in total. The van der Waals surface area contributed by atoms with Gasteiger partial charge in [-0.2, -0.15) is 0 Å². The number of rotatable bonds is 1. The Kier molecular flexibility index (Phi) is 2.03. The summed E-state index contributed by atoms with van der Waals surface area (Å²) in [7, 11) is 0. The molecule has 0 heterocycles. The van der Waals surface area contributed by atoms with Crippen LogP contribution in [-0.4, -0.2) is 0 Å². The molecule has 88 valence electrons. The highest BCUT2D eigenvalue weighted by Crippen LogP contribution is 2.64. The zero-order valence-electron chi connectivity index (χ0n) is 10.3. The van der Waals surface area contributed by atoms with Crippen LogP contribution < -0.4 is 0 Å². The van der Waals surface area contributed by atoms with Crippen LogP contribution in [-0.2, 0) is 0 Å². The van der Waals surface area contributed by atoms with Gasteiger partial charge in [0.05, 0.1) is 0 Å². The van der Waals surface area contributed by atoms with Crippen molar-refractivity contribution >= 4 is 0 Å². The molecule has 0 saturated heterocycles. The Hall–Kier alpha value is -1.04. The van der Waals surface area contributed by atoms with Gasteiger partial charge >= 0.3 is 0 Å². The summed E-state index contributed by atoms with van der Waals surface area (Å²) in [6.07, 6.45) is 5.82. The number of hydrogen-bond donors (Lipinski definition) is 0. The highest BCUT2D eigenvalue weighted by Gasteiger charge is 2.54. The maximum absolute atomic E-state index is 4.39. The third-order valence-electron chi connectivity index (χ3n) is 5.64. The molecule has 0 nitrogen and oxygen atoms in total. The molecule has 3 fully saturated rings. The van der Waals surface area contributed by atoms with Crippen molar-refractivity contribution in [3.63, 3.8) is 0 Å². The third-order valence-corrected chi connectivity index (χ3v) is 5.64. The van der Waals surface area contributed by atoms with Crippen LogP contribution in [0, 0.1) is 23.7 Å². The molecule has 1 aromatic carbocycles. The molecule has 0 amide bonds. The fraction of sp³-hybridized carbons (Fsp3) is 0.529. The second kappa shape index (κ2) is 3.48. The average molecular weight is 224 g/mol. The van der Waals surface area contributed by atoms with Gasteiger partial charge in [0.25, 0.3) is 0 Å². The van der Waals surface area contributed by atoms with Crippen LogP contribution in [0.4, 0.5) is 0 Å². The molecular formula is C17H20. The largest absolute Gasteiger partial charge is 0.0992 e. The van der Waals surface area contributed by atoms with Crippen molar-refractivity contribution in [2.45, 2.75) is 31.6 Å². The van der Waals surface area contributed by atoms with Crippen molar-refractivity contribution in [1.29, 1.82) is 0 Å². The Morgan fingerprint density at radius 1 is 1.00 bits per heavy atom. The molecule has 4 rings (SSSR count). The molecule has 0 radical (unpaired) electrons. The Balaban J connectivity index is 1.74. The van der Waals surface area contributed by atoms with Gasteiger partial charge in [0.15, 0.2) is 0 Å². The molecule has 0 aliphatic heterocycles. The quantitative estimate of drug-likeness (QED) is 0.620. The summed E-state index contributed by atoms with van der Waals surface area (Å²) >= 11 is 0. The van der Waals surface area contributed by atoms with E-state index in [1.807, 2.05) is 0 Å². The fourth-order valence-corrected chi connectivity index (χ4v) is 5.10. The van der Waals surface area contributed by atoms with Crippen molar-refractivity contribution in [3.05, 3.63) is 48.0 Å². The summed E-state index contributed by atoms with van der Waals surface area (Å²) in [5.74, 6) is 4.64. The minimum Gasteiger partial charge on any atom is -0.0992 e. The molecule has 2 bridgehead atoms. The number of allylic oxidation sites excluding steroid dienone is 1. The second-order valence-corrected chi connectivity index (χ2v) is 6.33. The lowest BCUT2D eigenvalue weighted by Crippen LogP contribution is -2.21. The maximum Gasteiger partial charge on any atom is 0.00793 e. The van der Waals surface area contributed by atoms with Crippen molar-refractivity contribution in [1.82, 2.24) is 0 Å². The number of fused-ring (bicyclic) bond motifs is 5. The second-order valence-electron chi connectivity index (χ2n) is 6.33. The average Bonchev–Trinajstić information content (AvgIpc) is 3.00. The predicted octanol–water partition coefficient (Wildman–Crippen LogP) is 4.39. The Labute approximate surface area is 104 Å². The van der Waals surface area contributed by atoms with E-state index in [-0.39, 0.29) is 0 Å². The van der Waals surface area contributed by atoms with E-state index < -0.39 is 0 Å². The summed E-state index contributed by atoms with van der Waals surface area (Å²) in [4.78, 5) is 0. The molecule has 17 heavy (non-hydrogen) atoms. The molecule has 5 atom stereocenters. The molecule has 5 unspecified atom stereocenters.